The van der Waals surface area contributed by atoms with Crippen molar-refractivity contribution >= 4 is 23.2 Å². The van der Waals surface area contributed by atoms with Gasteiger partial charge in [0.15, 0.2) is 0 Å². The lowest BCUT2D eigenvalue weighted by atomic mass is 10.1. The van der Waals surface area contributed by atoms with Gasteiger partial charge in [-0.3, -0.25) is 9.59 Å². The number of nitrogens with zero attached hydrogens (tertiary/aromatic N) is 1. The van der Waals surface area contributed by atoms with Crippen molar-refractivity contribution in [3.8, 4) is 0 Å². The second-order valence-corrected chi connectivity index (χ2v) is 7.39. The van der Waals surface area contributed by atoms with Crippen LogP contribution in [-0.2, 0) is 11.2 Å². The molecular formula is C22H24N2O2. The molecule has 1 heterocycles. The Hall–Kier alpha value is -2.62. The van der Waals surface area contributed by atoms with Gasteiger partial charge in [-0.1, -0.05) is 36.6 Å². The highest BCUT2D eigenvalue weighted by Gasteiger charge is 2.31. The van der Waals surface area contributed by atoms with Crippen LogP contribution in [-0.4, -0.2) is 18.4 Å². The van der Waals surface area contributed by atoms with Crippen molar-refractivity contribution < 1.29 is 9.59 Å². The summed E-state index contributed by atoms with van der Waals surface area (Å²) in [6.45, 7) is 2.72. The second kappa shape index (κ2) is 6.94. The Balaban J connectivity index is 1.54. The largest absolute Gasteiger partial charge is 0.322 e. The minimum atomic E-state index is -0.125. The second-order valence-electron chi connectivity index (χ2n) is 7.39. The summed E-state index contributed by atoms with van der Waals surface area (Å²) in [5.74, 6) is 0.301. The Bertz CT molecular complexity index is 853. The molecule has 0 atom stereocenters. The van der Waals surface area contributed by atoms with Gasteiger partial charge in [0.2, 0.25) is 5.91 Å². The lowest BCUT2D eigenvalue weighted by Gasteiger charge is -2.21. The highest BCUT2D eigenvalue weighted by molar-refractivity contribution is 6.05. The van der Waals surface area contributed by atoms with E-state index in [0.29, 0.717) is 5.56 Å². The molecule has 1 aliphatic heterocycles. The Morgan fingerprint density at radius 3 is 2.65 bits per heavy atom. The number of carbonyl (C=O) groups is 2. The van der Waals surface area contributed by atoms with Crippen LogP contribution in [0.15, 0.2) is 42.5 Å². The zero-order valence-electron chi connectivity index (χ0n) is 15.1. The first-order chi connectivity index (χ1) is 12.6. The van der Waals surface area contributed by atoms with Gasteiger partial charge < -0.3 is 10.2 Å². The third-order valence-electron chi connectivity index (χ3n) is 5.49. The van der Waals surface area contributed by atoms with Gasteiger partial charge >= 0.3 is 0 Å². The third kappa shape index (κ3) is 3.24. The molecule has 0 aromatic heterocycles. The van der Waals surface area contributed by atoms with Crippen LogP contribution < -0.4 is 10.2 Å². The summed E-state index contributed by atoms with van der Waals surface area (Å²) in [6, 6.07) is 13.4. The maximum Gasteiger partial charge on any atom is 0.255 e. The number of benzene rings is 2. The highest BCUT2D eigenvalue weighted by atomic mass is 16.2. The Morgan fingerprint density at radius 2 is 1.88 bits per heavy atom. The first kappa shape index (κ1) is 16.8. The molecule has 26 heavy (non-hydrogen) atoms. The lowest BCUT2D eigenvalue weighted by Crippen LogP contribution is -2.33. The zero-order valence-corrected chi connectivity index (χ0v) is 15.1. The van der Waals surface area contributed by atoms with Crippen molar-refractivity contribution in [3.63, 3.8) is 0 Å². The number of carbonyl (C=O) groups excluding carboxylic acids is 2. The van der Waals surface area contributed by atoms with Gasteiger partial charge in [-0.2, -0.15) is 0 Å². The SMILES string of the molecule is Cc1cccc(C(=O)Nc2ccc3c(c2)N(C(=O)C2CCCC2)CC3)c1. The molecule has 4 heteroatoms. The maximum absolute atomic E-state index is 12.8. The fourth-order valence-corrected chi connectivity index (χ4v) is 4.07. The van der Waals surface area contributed by atoms with Crippen molar-refractivity contribution in [1.82, 2.24) is 0 Å². The average molecular weight is 348 g/mol. The molecule has 1 N–H and O–H groups in total. The standard InChI is InChI=1S/C22H24N2O2/c1-15-5-4-8-18(13-15)21(25)23-19-10-9-16-11-12-24(20(16)14-19)22(26)17-6-2-3-7-17/h4-5,8-10,13-14,17H,2-3,6-7,11-12H2,1H3,(H,23,25). The van der Waals surface area contributed by atoms with Gasteiger partial charge in [0.05, 0.1) is 0 Å². The monoisotopic (exact) mass is 348 g/mol. The topological polar surface area (TPSA) is 49.4 Å². The molecule has 4 nitrogen and oxygen atoms in total. The molecule has 2 aromatic rings. The van der Waals surface area contributed by atoms with Crippen LogP contribution in [0.25, 0.3) is 0 Å². The quantitative estimate of drug-likeness (QED) is 0.898. The summed E-state index contributed by atoms with van der Waals surface area (Å²) < 4.78 is 0. The first-order valence-electron chi connectivity index (χ1n) is 9.44. The number of hydrogen-bond acceptors (Lipinski definition) is 2. The summed E-state index contributed by atoms with van der Waals surface area (Å²) in [6.07, 6.45) is 5.22. The van der Waals surface area contributed by atoms with E-state index in [1.165, 1.54) is 5.56 Å². The van der Waals surface area contributed by atoms with E-state index in [1.54, 1.807) is 0 Å². The fraction of sp³-hybridized carbons (Fsp3) is 0.364. The van der Waals surface area contributed by atoms with Gasteiger partial charge in [-0.25, -0.2) is 0 Å². The molecule has 1 fully saturated rings. The van der Waals surface area contributed by atoms with Gasteiger partial charge in [-0.05, 0) is 56.0 Å². The highest BCUT2D eigenvalue weighted by Crippen LogP contribution is 2.35. The van der Waals surface area contributed by atoms with Crippen molar-refractivity contribution in [2.75, 3.05) is 16.8 Å². The molecule has 0 bridgehead atoms. The lowest BCUT2D eigenvalue weighted by molar-refractivity contribution is -0.122. The normalized spacial score (nSPS) is 16.6. The van der Waals surface area contributed by atoms with Crippen LogP contribution in [0.1, 0.15) is 47.2 Å². The first-order valence-corrected chi connectivity index (χ1v) is 9.44. The van der Waals surface area contributed by atoms with E-state index in [2.05, 4.69) is 5.32 Å². The van der Waals surface area contributed by atoms with E-state index in [1.807, 2.05) is 54.3 Å². The van der Waals surface area contributed by atoms with E-state index < -0.39 is 0 Å². The number of aryl methyl sites for hydroxylation is 1. The van der Waals surface area contributed by atoms with Crippen LogP contribution in [0.2, 0.25) is 0 Å². The zero-order chi connectivity index (χ0) is 18.1. The Labute approximate surface area is 154 Å². The molecule has 2 amide bonds. The van der Waals surface area contributed by atoms with E-state index in [0.717, 1.165) is 55.6 Å². The van der Waals surface area contributed by atoms with Gasteiger partial charge in [0.1, 0.15) is 0 Å². The van der Waals surface area contributed by atoms with Gasteiger partial charge in [-0.15, -0.1) is 0 Å². The number of hydrogen-bond donors (Lipinski definition) is 1. The third-order valence-corrected chi connectivity index (χ3v) is 5.49. The van der Waals surface area contributed by atoms with Crippen molar-refractivity contribution in [1.29, 1.82) is 0 Å². The Morgan fingerprint density at radius 1 is 1.08 bits per heavy atom. The summed E-state index contributed by atoms with van der Waals surface area (Å²) >= 11 is 0. The average Bonchev–Trinajstić information content (AvgIpc) is 3.31. The van der Waals surface area contributed by atoms with Gasteiger partial charge in [0.25, 0.3) is 5.91 Å². The number of nitrogens with one attached hydrogen (secondary N) is 1. The van der Waals surface area contributed by atoms with E-state index >= 15 is 0 Å². The summed E-state index contributed by atoms with van der Waals surface area (Å²) in [5.41, 5.74) is 4.58. The molecule has 1 aliphatic carbocycles. The summed E-state index contributed by atoms with van der Waals surface area (Å²) in [5, 5.41) is 2.97. The fourth-order valence-electron chi connectivity index (χ4n) is 4.07. The van der Waals surface area contributed by atoms with Crippen LogP contribution in [0.4, 0.5) is 11.4 Å². The summed E-state index contributed by atoms with van der Waals surface area (Å²) in [4.78, 5) is 27.3. The van der Waals surface area contributed by atoms with Gasteiger partial charge in [0, 0.05) is 29.4 Å². The number of amides is 2. The minimum Gasteiger partial charge on any atom is -0.322 e. The Kier molecular flexibility index (Phi) is 4.49. The van der Waals surface area contributed by atoms with Crippen LogP contribution in [0.3, 0.4) is 0 Å². The molecule has 2 aliphatic rings. The minimum absolute atomic E-state index is 0.125. The summed E-state index contributed by atoms with van der Waals surface area (Å²) in [7, 11) is 0. The van der Waals surface area contributed by atoms with Crippen LogP contribution in [0, 0.1) is 12.8 Å². The maximum atomic E-state index is 12.8. The van der Waals surface area contributed by atoms with Crippen molar-refractivity contribution in [2.24, 2.45) is 5.92 Å². The van der Waals surface area contributed by atoms with Crippen LogP contribution >= 0.6 is 0 Å². The molecule has 2 aromatic carbocycles. The van der Waals surface area contributed by atoms with E-state index in [4.69, 9.17) is 0 Å². The van der Waals surface area contributed by atoms with Crippen LogP contribution in [0.5, 0.6) is 0 Å². The number of rotatable bonds is 3. The smallest absolute Gasteiger partial charge is 0.255 e. The van der Waals surface area contributed by atoms with Crippen molar-refractivity contribution in [3.05, 3.63) is 59.2 Å². The molecule has 134 valence electrons. The van der Waals surface area contributed by atoms with E-state index in [-0.39, 0.29) is 17.7 Å². The molecule has 1 saturated carbocycles. The van der Waals surface area contributed by atoms with Crippen molar-refractivity contribution in [2.45, 2.75) is 39.0 Å². The number of fused-ring (bicyclic) bond motifs is 1. The molecule has 0 unspecified atom stereocenters. The van der Waals surface area contributed by atoms with E-state index in [9.17, 15) is 9.59 Å². The molecule has 0 radical (unpaired) electrons. The molecule has 0 saturated heterocycles. The molecule has 4 rings (SSSR count). The molecular weight excluding hydrogens is 324 g/mol. The predicted octanol–water partition coefficient (Wildman–Crippen LogP) is 4.33. The predicted molar refractivity (Wildman–Crippen MR) is 104 cm³/mol. The molecule has 0 spiro atoms. The number of anilines is 2.